The number of nitrogens with one attached hydrogen (secondary N) is 1. The average Bonchev–Trinajstić information content (AvgIpc) is 3.11. The number of carboxylic acids is 1. The minimum atomic E-state index is -3.37. The van der Waals surface area contributed by atoms with Crippen LogP contribution in [0.5, 0.6) is 0 Å². The zero-order valence-electron chi connectivity index (χ0n) is 16.7. The van der Waals surface area contributed by atoms with Gasteiger partial charge in [0.25, 0.3) is 0 Å². The first-order valence-electron chi connectivity index (χ1n) is 9.39. The lowest BCUT2D eigenvalue weighted by molar-refractivity contribution is -0.141. The molecule has 2 N–H and O–H groups in total. The summed E-state index contributed by atoms with van der Waals surface area (Å²) in [4.78, 5) is 23.6. The molecule has 1 aliphatic heterocycles. The van der Waals surface area contributed by atoms with Gasteiger partial charge in [0.05, 0.1) is 24.4 Å². The van der Waals surface area contributed by atoms with Crippen molar-refractivity contribution in [2.45, 2.75) is 32.2 Å². The first kappa shape index (κ1) is 21.5. The van der Waals surface area contributed by atoms with Gasteiger partial charge in [-0.25, -0.2) is 13.4 Å². The largest absolute Gasteiger partial charge is 0.481 e. The number of carbonyl (C=O) groups excluding carboxylic acids is 1. The maximum absolute atomic E-state index is 12.7. The van der Waals surface area contributed by atoms with Gasteiger partial charge in [0.1, 0.15) is 0 Å². The molecule has 8 nitrogen and oxygen atoms in total. The van der Waals surface area contributed by atoms with Crippen LogP contribution in [0.15, 0.2) is 53.6 Å². The van der Waals surface area contributed by atoms with Crippen molar-refractivity contribution < 1.29 is 23.1 Å². The van der Waals surface area contributed by atoms with E-state index in [0.717, 1.165) is 22.9 Å². The zero-order valence-corrected chi connectivity index (χ0v) is 17.5. The lowest BCUT2D eigenvalue weighted by atomic mass is 9.95. The summed E-state index contributed by atoms with van der Waals surface area (Å²) in [7, 11) is -3.37. The lowest BCUT2D eigenvalue weighted by Gasteiger charge is -2.23. The quantitative estimate of drug-likeness (QED) is 0.702. The molecule has 9 heteroatoms. The number of carboxylic acid groups (broad SMARTS) is 1. The fourth-order valence-electron chi connectivity index (χ4n) is 3.39. The molecule has 0 spiro atoms. The van der Waals surface area contributed by atoms with Crippen molar-refractivity contribution in [2.24, 2.45) is 5.10 Å². The molecule has 0 saturated carbocycles. The van der Waals surface area contributed by atoms with Crippen LogP contribution in [0.1, 0.15) is 42.0 Å². The highest BCUT2D eigenvalue weighted by molar-refractivity contribution is 7.92. The molecule has 158 valence electrons. The van der Waals surface area contributed by atoms with Gasteiger partial charge in [-0.2, -0.15) is 5.10 Å². The maximum atomic E-state index is 12.7. The molecular weight excluding hydrogens is 406 g/mol. The summed E-state index contributed by atoms with van der Waals surface area (Å²) in [5.74, 6) is -1.39. The molecule has 0 radical (unpaired) electrons. The molecule has 0 saturated heterocycles. The van der Waals surface area contributed by atoms with Crippen LogP contribution in [0.2, 0.25) is 0 Å². The van der Waals surface area contributed by atoms with E-state index in [1.54, 1.807) is 24.3 Å². The summed E-state index contributed by atoms with van der Waals surface area (Å²) in [5.41, 5.74) is 3.85. The van der Waals surface area contributed by atoms with E-state index in [9.17, 15) is 18.0 Å². The normalized spacial score (nSPS) is 16.3. The second-order valence-electron chi connectivity index (χ2n) is 7.21. The standard InChI is InChI=1S/C21H23N3O5S/c1-14-5-3-4-6-17(14)19-13-18(22-24(19)20(25)11-12-21(26)27)15-7-9-16(10-8-15)23-30(2,28)29/h3-10,19,23H,11-13H2,1-2H3,(H,26,27). The van der Waals surface area contributed by atoms with Crippen molar-refractivity contribution in [3.8, 4) is 0 Å². The molecule has 30 heavy (non-hydrogen) atoms. The maximum Gasteiger partial charge on any atom is 0.303 e. The van der Waals surface area contributed by atoms with E-state index in [2.05, 4.69) is 9.82 Å². The van der Waals surface area contributed by atoms with Crippen LogP contribution in [0, 0.1) is 6.92 Å². The van der Waals surface area contributed by atoms with Gasteiger partial charge in [0, 0.05) is 18.5 Å². The van der Waals surface area contributed by atoms with Crippen molar-refractivity contribution in [3.63, 3.8) is 0 Å². The predicted octanol–water partition coefficient (Wildman–Crippen LogP) is 2.91. The second kappa shape index (κ2) is 8.66. The van der Waals surface area contributed by atoms with E-state index in [-0.39, 0.29) is 24.8 Å². The Bertz CT molecular complexity index is 1090. The topological polar surface area (TPSA) is 116 Å². The highest BCUT2D eigenvalue weighted by Crippen LogP contribution is 2.35. The smallest absolute Gasteiger partial charge is 0.303 e. The van der Waals surface area contributed by atoms with Crippen molar-refractivity contribution in [1.29, 1.82) is 0 Å². The molecular formula is C21H23N3O5S. The number of hydrogen-bond donors (Lipinski definition) is 2. The molecule has 2 aromatic rings. The van der Waals surface area contributed by atoms with Crippen LogP contribution in [-0.2, 0) is 19.6 Å². The van der Waals surface area contributed by atoms with Crippen molar-refractivity contribution in [2.75, 3.05) is 11.0 Å². The first-order valence-corrected chi connectivity index (χ1v) is 11.3. The van der Waals surface area contributed by atoms with Crippen molar-refractivity contribution in [3.05, 3.63) is 65.2 Å². The molecule has 1 aliphatic rings. The van der Waals surface area contributed by atoms with Crippen LogP contribution >= 0.6 is 0 Å². The number of anilines is 1. The molecule has 1 amide bonds. The molecule has 1 atom stereocenters. The SMILES string of the molecule is Cc1ccccc1C1CC(c2ccc(NS(C)(=O)=O)cc2)=NN1C(=O)CCC(=O)O. The molecule has 3 rings (SSSR count). The van der Waals surface area contributed by atoms with E-state index < -0.39 is 16.0 Å². The number of hydrogen-bond acceptors (Lipinski definition) is 5. The third-order valence-corrected chi connectivity index (χ3v) is 5.39. The van der Waals surface area contributed by atoms with Crippen LogP contribution in [0.4, 0.5) is 5.69 Å². The predicted molar refractivity (Wildman–Crippen MR) is 114 cm³/mol. The number of rotatable bonds is 7. The summed E-state index contributed by atoms with van der Waals surface area (Å²) in [6.45, 7) is 1.96. The van der Waals surface area contributed by atoms with Gasteiger partial charge in [-0.05, 0) is 35.7 Å². The Morgan fingerprint density at radius 1 is 1.13 bits per heavy atom. The fraction of sp³-hybridized carbons (Fsp3) is 0.286. The Morgan fingerprint density at radius 3 is 2.40 bits per heavy atom. The number of amides is 1. The molecule has 0 fully saturated rings. The van der Waals surface area contributed by atoms with E-state index in [1.807, 2.05) is 31.2 Å². The van der Waals surface area contributed by atoms with Gasteiger partial charge in [-0.15, -0.1) is 0 Å². The molecule has 0 aromatic heterocycles. The molecule has 1 unspecified atom stereocenters. The van der Waals surface area contributed by atoms with Gasteiger partial charge >= 0.3 is 5.97 Å². The fourth-order valence-corrected chi connectivity index (χ4v) is 3.96. The number of aliphatic carboxylic acids is 1. The lowest BCUT2D eigenvalue weighted by Crippen LogP contribution is -2.27. The number of hydrazone groups is 1. The first-order chi connectivity index (χ1) is 14.1. The number of nitrogens with zero attached hydrogens (tertiary/aromatic N) is 2. The summed E-state index contributed by atoms with van der Waals surface area (Å²) in [5, 5.41) is 14.8. The minimum absolute atomic E-state index is 0.133. The number of sulfonamides is 1. The van der Waals surface area contributed by atoms with Crippen LogP contribution in [-0.4, -0.2) is 42.4 Å². The van der Waals surface area contributed by atoms with Gasteiger partial charge in [0.2, 0.25) is 15.9 Å². The van der Waals surface area contributed by atoms with Crippen molar-refractivity contribution in [1.82, 2.24) is 5.01 Å². The Hall–Kier alpha value is -3.20. The van der Waals surface area contributed by atoms with E-state index in [1.165, 1.54) is 5.01 Å². The number of aryl methyl sites for hydroxylation is 1. The van der Waals surface area contributed by atoms with Gasteiger partial charge in [-0.3, -0.25) is 14.3 Å². The van der Waals surface area contributed by atoms with E-state index >= 15 is 0 Å². The van der Waals surface area contributed by atoms with E-state index in [0.29, 0.717) is 17.8 Å². The molecule has 2 aromatic carbocycles. The Kier molecular flexibility index (Phi) is 6.21. The monoisotopic (exact) mass is 429 g/mol. The summed E-state index contributed by atoms with van der Waals surface area (Å²) in [6, 6.07) is 14.1. The van der Waals surface area contributed by atoms with Crippen LogP contribution < -0.4 is 4.72 Å². The van der Waals surface area contributed by atoms with Crippen LogP contribution in [0.25, 0.3) is 0 Å². The molecule has 1 heterocycles. The summed E-state index contributed by atoms with van der Waals surface area (Å²) < 4.78 is 25.2. The van der Waals surface area contributed by atoms with Gasteiger partial charge < -0.3 is 5.11 Å². The van der Waals surface area contributed by atoms with Crippen LogP contribution in [0.3, 0.4) is 0 Å². The summed E-state index contributed by atoms with van der Waals surface area (Å²) >= 11 is 0. The Labute approximate surface area is 175 Å². The summed E-state index contributed by atoms with van der Waals surface area (Å²) in [6.07, 6.45) is 1.16. The third kappa shape index (κ3) is 5.24. The number of carbonyl (C=O) groups is 2. The Balaban J connectivity index is 1.89. The average molecular weight is 429 g/mol. The van der Waals surface area contributed by atoms with Gasteiger partial charge in [0.15, 0.2) is 0 Å². The highest BCUT2D eigenvalue weighted by atomic mass is 32.2. The molecule has 0 aliphatic carbocycles. The third-order valence-electron chi connectivity index (χ3n) is 4.79. The second-order valence-corrected chi connectivity index (χ2v) is 8.96. The van der Waals surface area contributed by atoms with Gasteiger partial charge in [-0.1, -0.05) is 36.4 Å². The zero-order chi connectivity index (χ0) is 21.9. The number of benzene rings is 2. The van der Waals surface area contributed by atoms with E-state index in [4.69, 9.17) is 5.11 Å². The highest BCUT2D eigenvalue weighted by Gasteiger charge is 2.33. The molecule has 0 bridgehead atoms. The Morgan fingerprint density at radius 2 is 1.80 bits per heavy atom. The minimum Gasteiger partial charge on any atom is -0.481 e. The van der Waals surface area contributed by atoms with Crippen molar-refractivity contribution >= 4 is 33.3 Å².